The van der Waals surface area contributed by atoms with Crippen LogP contribution in [0.25, 0.3) is 0 Å². The van der Waals surface area contributed by atoms with E-state index in [2.05, 4.69) is 60.0 Å². The Hall–Kier alpha value is -1.29. The largest absolute Gasteiger partial charge is 0.383 e. The molecular weight excluding hydrogens is 290 g/mol. The summed E-state index contributed by atoms with van der Waals surface area (Å²) in [6.45, 7) is 8.29. The van der Waals surface area contributed by atoms with E-state index < -0.39 is 0 Å². The van der Waals surface area contributed by atoms with Gasteiger partial charge < -0.3 is 5.73 Å². The predicted molar refractivity (Wildman–Crippen MR) is 78.8 cm³/mol. The molecule has 2 aromatic rings. The van der Waals surface area contributed by atoms with Crippen LogP contribution in [0.1, 0.15) is 35.3 Å². The van der Waals surface area contributed by atoms with Gasteiger partial charge in [0.05, 0.1) is 16.2 Å². The monoisotopic (exact) mass is 307 g/mol. The zero-order chi connectivity index (χ0) is 13.4. The summed E-state index contributed by atoms with van der Waals surface area (Å²) in [5.74, 6) is 0.681. The fraction of sp³-hybridized carbons (Fsp3) is 0.357. The van der Waals surface area contributed by atoms with Gasteiger partial charge in [-0.3, -0.25) is 0 Å². The van der Waals surface area contributed by atoms with Crippen LogP contribution >= 0.6 is 15.9 Å². The summed E-state index contributed by atoms with van der Waals surface area (Å²) in [6.07, 6.45) is 0. The molecule has 96 valence electrons. The predicted octanol–water partition coefficient (Wildman–Crippen LogP) is 3.76. The number of anilines is 1. The van der Waals surface area contributed by atoms with Crippen molar-refractivity contribution in [1.29, 1.82) is 0 Å². The first-order valence-corrected chi connectivity index (χ1v) is 6.78. The van der Waals surface area contributed by atoms with Crippen molar-refractivity contribution in [3.05, 3.63) is 45.1 Å². The molecule has 1 aromatic carbocycles. The number of nitrogens with two attached hydrogens (primary N) is 1. The Kier molecular flexibility index (Phi) is 3.48. The molecule has 0 aliphatic heterocycles. The minimum Gasteiger partial charge on any atom is -0.383 e. The smallest absolute Gasteiger partial charge is 0.137 e. The highest BCUT2D eigenvalue weighted by atomic mass is 79.9. The first-order valence-electron chi connectivity index (χ1n) is 5.99. The van der Waals surface area contributed by atoms with E-state index >= 15 is 0 Å². The van der Waals surface area contributed by atoms with E-state index in [9.17, 15) is 0 Å². The summed E-state index contributed by atoms with van der Waals surface area (Å²) >= 11 is 3.47. The highest BCUT2D eigenvalue weighted by Crippen LogP contribution is 2.30. The number of aromatic nitrogens is 2. The number of hydrogen-bond donors (Lipinski definition) is 1. The second kappa shape index (κ2) is 4.76. The number of rotatable bonds is 2. The van der Waals surface area contributed by atoms with Gasteiger partial charge >= 0.3 is 0 Å². The molecule has 0 fully saturated rings. The fourth-order valence-electron chi connectivity index (χ4n) is 2.18. The number of hydrogen-bond acceptors (Lipinski definition) is 2. The third kappa shape index (κ3) is 2.17. The second-order valence-electron chi connectivity index (χ2n) is 4.77. The van der Waals surface area contributed by atoms with Crippen LogP contribution in [0.15, 0.2) is 22.7 Å². The van der Waals surface area contributed by atoms with Crippen LogP contribution in [-0.4, -0.2) is 9.78 Å². The van der Waals surface area contributed by atoms with Gasteiger partial charge in [-0.25, -0.2) is 4.68 Å². The van der Waals surface area contributed by atoms with Crippen molar-refractivity contribution in [2.45, 2.75) is 33.7 Å². The maximum atomic E-state index is 6.08. The lowest BCUT2D eigenvalue weighted by Gasteiger charge is -2.17. The van der Waals surface area contributed by atoms with Crippen molar-refractivity contribution >= 4 is 21.7 Å². The Bertz CT molecular complexity index is 587. The first-order chi connectivity index (χ1) is 8.41. The van der Waals surface area contributed by atoms with Crippen molar-refractivity contribution in [2.24, 2.45) is 0 Å². The highest BCUT2D eigenvalue weighted by Gasteiger charge is 2.17. The lowest BCUT2D eigenvalue weighted by atomic mass is 10.0. The molecule has 1 unspecified atom stereocenters. The van der Waals surface area contributed by atoms with Gasteiger partial charge in [0.1, 0.15) is 5.82 Å². The van der Waals surface area contributed by atoms with Crippen LogP contribution < -0.4 is 5.73 Å². The van der Waals surface area contributed by atoms with Gasteiger partial charge in [0.25, 0.3) is 0 Å². The molecular formula is C14H18BrN3. The third-order valence-corrected chi connectivity index (χ3v) is 4.28. The Balaban J connectivity index is 2.50. The zero-order valence-electron chi connectivity index (χ0n) is 11.2. The van der Waals surface area contributed by atoms with Gasteiger partial charge in [0, 0.05) is 0 Å². The van der Waals surface area contributed by atoms with Crippen molar-refractivity contribution in [2.75, 3.05) is 5.73 Å². The standard InChI is InChI=1S/C14H18BrN3/c1-8-5-6-9(2)12(7-8)11(4)18-14(16)13(15)10(3)17-18/h5-7,11H,16H2,1-4H3. The Labute approximate surface area is 116 Å². The Morgan fingerprint density at radius 2 is 1.94 bits per heavy atom. The molecule has 1 atom stereocenters. The molecule has 0 aliphatic rings. The van der Waals surface area contributed by atoms with Crippen LogP contribution in [0.3, 0.4) is 0 Å². The van der Waals surface area contributed by atoms with Crippen molar-refractivity contribution < 1.29 is 0 Å². The van der Waals surface area contributed by atoms with Gasteiger partial charge in [-0.2, -0.15) is 5.10 Å². The zero-order valence-corrected chi connectivity index (χ0v) is 12.7. The highest BCUT2D eigenvalue weighted by molar-refractivity contribution is 9.10. The van der Waals surface area contributed by atoms with Crippen LogP contribution in [-0.2, 0) is 0 Å². The second-order valence-corrected chi connectivity index (χ2v) is 5.56. The average Bonchev–Trinajstić information content (AvgIpc) is 2.59. The molecule has 0 radical (unpaired) electrons. The first kappa shape index (κ1) is 13.1. The molecule has 2 N–H and O–H groups in total. The van der Waals surface area contributed by atoms with Crippen LogP contribution in [0.5, 0.6) is 0 Å². The fourth-order valence-corrected chi connectivity index (χ4v) is 2.44. The van der Waals surface area contributed by atoms with Gasteiger partial charge in [-0.1, -0.05) is 23.8 Å². The molecule has 0 saturated carbocycles. The van der Waals surface area contributed by atoms with Crippen LogP contribution in [0.2, 0.25) is 0 Å². The van der Waals surface area contributed by atoms with E-state index in [-0.39, 0.29) is 6.04 Å². The number of nitrogens with zero attached hydrogens (tertiary/aromatic N) is 2. The topological polar surface area (TPSA) is 43.8 Å². The summed E-state index contributed by atoms with van der Waals surface area (Å²) in [5, 5.41) is 4.50. The normalized spacial score (nSPS) is 12.7. The lowest BCUT2D eigenvalue weighted by molar-refractivity contribution is 0.566. The molecule has 1 heterocycles. The van der Waals surface area contributed by atoms with Gasteiger partial charge in [-0.15, -0.1) is 0 Å². The minimum atomic E-state index is 0.134. The molecule has 0 aliphatic carbocycles. The quantitative estimate of drug-likeness (QED) is 0.918. The molecule has 1 aromatic heterocycles. The number of halogens is 1. The number of benzene rings is 1. The van der Waals surface area contributed by atoms with E-state index in [0.717, 1.165) is 10.2 Å². The van der Waals surface area contributed by atoms with Gasteiger partial charge in [0.2, 0.25) is 0 Å². The van der Waals surface area contributed by atoms with Gasteiger partial charge in [-0.05, 0) is 54.8 Å². The van der Waals surface area contributed by atoms with Crippen molar-refractivity contribution in [3.8, 4) is 0 Å². The van der Waals surface area contributed by atoms with E-state index in [1.54, 1.807) is 0 Å². The summed E-state index contributed by atoms with van der Waals surface area (Å²) in [6, 6.07) is 6.60. The maximum absolute atomic E-state index is 6.08. The number of nitrogen functional groups attached to an aromatic ring is 1. The molecule has 18 heavy (non-hydrogen) atoms. The third-order valence-electron chi connectivity index (χ3n) is 3.30. The maximum Gasteiger partial charge on any atom is 0.137 e. The average molecular weight is 308 g/mol. The molecule has 4 heteroatoms. The Morgan fingerprint density at radius 1 is 1.28 bits per heavy atom. The molecule has 0 amide bonds. The summed E-state index contributed by atoms with van der Waals surface area (Å²) in [7, 11) is 0. The summed E-state index contributed by atoms with van der Waals surface area (Å²) in [4.78, 5) is 0. The Morgan fingerprint density at radius 3 is 2.50 bits per heavy atom. The van der Waals surface area contributed by atoms with Crippen LogP contribution in [0, 0.1) is 20.8 Å². The molecule has 0 bridgehead atoms. The summed E-state index contributed by atoms with van der Waals surface area (Å²) in [5.41, 5.74) is 10.8. The van der Waals surface area contributed by atoms with E-state index in [4.69, 9.17) is 5.73 Å². The van der Waals surface area contributed by atoms with Crippen molar-refractivity contribution in [3.63, 3.8) is 0 Å². The lowest BCUT2D eigenvalue weighted by Crippen LogP contribution is -2.13. The summed E-state index contributed by atoms with van der Waals surface area (Å²) < 4.78 is 2.76. The van der Waals surface area contributed by atoms with E-state index in [1.165, 1.54) is 16.7 Å². The number of aryl methyl sites for hydroxylation is 3. The van der Waals surface area contributed by atoms with Crippen molar-refractivity contribution in [1.82, 2.24) is 9.78 Å². The van der Waals surface area contributed by atoms with Crippen LogP contribution in [0.4, 0.5) is 5.82 Å². The van der Waals surface area contributed by atoms with E-state index in [0.29, 0.717) is 5.82 Å². The molecule has 0 saturated heterocycles. The van der Waals surface area contributed by atoms with E-state index in [1.807, 2.05) is 11.6 Å². The van der Waals surface area contributed by atoms with Gasteiger partial charge in [0.15, 0.2) is 0 Å². The minimum absolute atomic E-state index is 0.134. The molecule has 2 rings (SSSR count). The molecule has 3 nitrogen and oxygen atoms in total. The molecule has 0 spiro atoms. The SMILES string of the molecule is Cc1ccc(C)c(C(C)n2nc(C)c(Br)c2N)c1.